The molecule has 2 heterocycles. The van der Waals surface area contributed by atoms with Crippen LogP contribution in [0.15, 0.2) is 54.2 Å². The van der Waals surface area contributed by atoms with Crippen LogP contribution in [0.4, 0.5) is 0 Å². The van der Waals surface area contributed by atoms with Crippen molar-refractivity contribution in [1.82, 2.24) is 4.98 Å². The van der Waals surface area contributed by atoms with Gasteiger partial charge in [0.15, 0.2) is 5.78 Å². The van der Waals surface area contributed by atoms with Crippen LogP contribution in [0.1, 0.15) is 15.9 Å². The lowest BCUT2D eigenvalue weighted by atomic mass is 10.0. The molecule has 0 fully saturated rings. The average Bonchev–Trinajstić information content (AvgIpc) is 2.83. The van der Waals surface area contributed by atoms with Crippen molar-refractivity contribution >= 4 is 27.2 Å². The maximum absolute atomic E-state index is 12.1. The summed E-state index contributed by atoms with van der Waals surface area (Å²) < 4.78 is 1.23. The third-order valence-electron chi connectivity index (χ3n) is 2.90. The van der Waals surface area contributed by atoms with E-state index >= 15 is 0 Å². The SMILES string of the molecule is O=C(Cc1csc2ccccc12)c1cccnc1. The number of rotatable bonds is 3. The lowest BCUT2D eigenvalue weighted by Gasteiger charge is -1.99. The van der Waals surface area contributed by atoms with Crippen molar-refractivity contribution in [1.29, 1.82) is 0 Å². The quantitative estimate of drug-likeness (QED) is 0.666. The molecule has 18 heavy (non-hydrogen) atoms. The van der Waals surface area contributed by atoms with Crippen LogP contribution >= 0.6 is 11.3 Å². The Hall–Kier alpha value is -2.00. The van der Waals surface area contributed by atoms with Crippen LogP contribution < -0.4 is 0 Å². The third kappa shape index (κ3) is 2.05. The predicted octanol–water partition coefficient (Wildman–Crippen LogP) is 3.72. The predicted molar refractivity (Wildman–Crippen MR) is 74.1 cm³/mol. The van der Waals surface area contributed by atoms with E-state index in [2.05, 4.69) is 22.5 Å². The molecule has 3 heteroatoms. The van der Waals surface area contributed by atoms with Gasteiger partial charge in [0.1, 0.15) is 0 Å². The highest BCUT2D eigenvalue weighted by Crippen LogP contribution is 2.26. The molecule has 1 aromatic carbocycles. The van der Waals surface area contributed by atoms with E-state index in [-0.39, 0.29) is 5.78 Å². The summed E-state index contributed by atoms with van der Waals surface area (Å²) in [5.41, 5.74) is 1.78. The summed E-state index contributed by atoms with van der Waals surface area (Å²) in [4.78, 5) is 16.1. The standard InChI is InChI=1S/C15H11NOS/c17-14(11-4-3-7-16-9-11)8-12-10-18-15-6-2-1-5-13(12)15/h1-7,9-10H,8H2. The molecule has 0 aliphatic heterocycles. The zero-order valence-corrected chi connectivity index (χ0v) is 10.5. The fourth-order valence-corrected chi connectivity index (χ4v) is 2.94. The van der Waals surface area contributed by atoms with E-state index < -0.39 is 0 Å². The molecule has 0 N–H and O–H groups in total. The molecule has 0 radical (unpaired) electrons. The Balaban J connectivity index is 1.91. The van der Waals surface area contributed by atoms with Gasteiger partial charge in [-0.3, -0.25) is 9.78 Å². The van der Waals surface area contributed by atoms with E-state index in [1.807, 2.05) is 18.2 Å². The monoisotopic (exact) mass is 253 g/mol. The van der Waals surface area contributed by atoms with Crippen molar-refractivity contribution in [2.75, 3.05) is 0 Å². The first kappa shape index (κ1) is 11.1. The third-order valence-corrected chi connectivity index (χ3v) is 3.91. The second kappa shape index (κ2) is 4.70. The Kier molecular flexibility index (Phi) is 2.90. The Morgan fingerprint density at radius 2 is 2.06 bits per heavy atom. The lowest BCUT2D eigenvalue weighted by molar-refractivity contribution is 0.0993. The maximum atomic E-state index is 12.1. The molecular formula is C15H11NOS. The largest absolute Gasteiger partial charge is 0.294 e. The van der Waals surface area contributed by atoms with Crippen LogP contribution in [0.2, 0.25) is 0 Å². The van der Waals surface area contributed by atoms with Crippen molar-refractivity contribution < 1.29 is 4.79 Å². The van der Waals surface area contributed by atoms with Crippen LogP contribution in [0, 0.1) is 0 Å². The highest BCUT2D eigenvalue weighted by molar-refractivity contribution is 7.17. The Bertz CT molecular complexity index is 688. The van der Waals surface area contributed by atoms with Gasteiger partial charge in [0, 0.05) is 29.1 Å². The highest BCUT2D eigenvalue weighted by atomic mass is 32.1. The van der Waals surface area contributed by atoms with Crippen molar-refractivity contribution in [3.63, 3.8) is 0 Å². The first-order chi connectivity index (χ1) is 8.84. The van der Waals surface area contributed by atoms with Gasteiger partial charge in [-0.05, 0) is 34.5 Å². The van der Waals surface area contributed by atoms with Crippen LogP contribution in [-0.2, 0) is 6.42 Å². The Labute approximate surface area is 109 Å². The molecule has 0 bridgehead atoms. The molecule has 0 amide bonds. The van der Waals surface area contributed by atoms with Crippen LogP contribution in [0.3, 0.4) is 0 Å². The minimum Gasteiger partial charge on any atom is -0.294 e. The zero-order valence-electron chi connectivity index (χ0n) is 9.67. The Morgan fingerprint density at radius 1 is 1.17 bits per heavy atom. The number of nitrogens with zero attached hydrogens (tertiary/aromatic N) is 1. The number of fused-ring (bicyclic) bond motifs is 1. The molecule has 0 saturated carbocycles. The van der Waals surface area contributed by atoms with Crippen LogP contribution in [0.5, 0.6) is 0 Å². The zero-order chi connectivity index (χ0) is 12.4. The van der Waals surface area contributed by atoms with E-state index in [1.165, 1.54) is 10.1 Å². The summed E-state index contributed by atoms with van der Waals surface area (Å²) >= 11 is 1.68. The lowest BCUT2D eigenvalue weighted by Crippen LogP contribution is -2.03. The molecule has 88 valence electrons. The molecule has 2 nitrogen and oxygen atoms in total. The Morgan fingerprint density at radius 3 is 2.89 bits per heavy atom. The molecule has 0 spiro atoms. The van der Waals surface area contributed by atoms with Gasteiger partial charge in [-0.25, -0.2) is 0 Å². The fraction of sp³-hybridized carbons (Fsp3) is 0.0667. The summed E-state index contributed by atoms with van der Waals surface area (Å²) in [7, 11) is 0. The van der Waals surface area contributed by atoms with E-state index in [4.69, 9.17) is 0 Å². The van der Waals surface area contributed by atoms with Gasteiger partial charge in [-0.2, -0.15) is 0 Å². The number of ketones is 1. The molecule has 0 atom stereocenters. The van der Waals surface area contributed by atoms with E-state index in [1.54, 1.807) is 29.8 Å². The molecule has 3 aromatic rings. The molecule has 0 aliphatic carbocycles. The summed E-state index contributed by atoms with van der Waals surface area (Å²) in [6.07, 6.45) is 3.74. The molecular weight excluding hydrogens is 242 g/mol. The molecule has 0 aliphatic rings. The minimum atomic E-state index is 0.117. The number of hydrogen-bond donors (Lipinski definition) is 0. The number of Topliss-reactive ketones (excluding diaryl/α,β-unsaturated/α-hetero) is 1. The highest BCUT2D eigenvalue weighted by Gasteiger charge is 2.10. The van der Waals surface area contributed by atoms with E-state index in [0.717, 1.165) is 5.56 Å². The minimum absolute atomic E-state index is 0.117. The molecule has 3 rings (SSSR count). The average molecular weight is 253 g/mol. The topological polar surface area (TPSA) is 30.0 Å². The van der Waals surface area contributed by atoms with E-state index in [9.17, 15) is 4.79 Å². The number of hydrogen-bond acceptors (Lipinski definition) is 3. The van der Waals surface area contributed by atoms with Gasteiger partial charge in [-0.15, -0.1) is 11.3 Å². The molecule has 0 saturated heterocycles. The maximum Gasteiger partial charge on any atom is 0.168 e. The smallest absolute Gasteiger partial charge is 0.168 e. The van der Waals surface area contributed by atoms with Gasteiger partial charge in [0.05, 0.1) is 0 Å². The second-order valence-electron chi connectivity index (χ2n) is 4.10. The van der Waals surface area contributed by atoms with Crippen molar-refractivity contribution in [2.24, 2.45) is 0 Å². The van der Waals surface area contributed by atoms with Crippen LogP contribution in [0.25, 0.3) is 10.1 Å². The second-order valence-corrected chi connectivity index (χ2v) is 5.01. The van der Waals surface area contributed by atoms with Gasteiger partial charge < -0.3 is 0 Å². The molecule has 0 unspecified atom stereocenters. The summed E-state index contributed by atoms with van der Waals surface area (Å²) in [5, 5.41) is 3.25. The normalized spacial score (nSPS) is 10.7. The van der Waals surface area contributed by atoms with Gasteiger partial charge in [0.2, 0.25) is 0 Å². The van der Waals surface area contributed by atoms with Gasteiger partial charge >= 0.3 is 0 Å². The first-order valence-electron chi connectivity index (χ1n) is 5.73. The number of thiophene rings is 1. The first-order valence-corrected chi connectivity index (χ1v) is 6.61. The summed E-state index contributed by atoms with van der Waals surface area (Å²) in [6, 6.07) is 11.8. The van der Waals surface area contributed by atoms with Crippen molar-refractivity contribution in [2.45, 2.75) is 6.42 Å². The van der Waals surface area contributed by atoms with E-state index in [0.29, 0.717) is 12.0 Å². The van der Waals surface area contributed by atoms with Gasteiger partial charge in [-0.1, -0.05) is 18.2 Å². The van der Waals surface area contributed by atoms with Crippen molar-refractivity contribution in [3.05, 3.63) is 65.3 Å². The van der Waals surface area contributed by atoms with Crippen molar-refractivity contribution in [3.8, 4) is 0 Å². The number of pyridine rings is 1. The number of aromatic nitrogens is 1. The summed E-state index contributed by atoms with van der Waals surface area (Å²) in [6.45, 7) is 0. The van der Waals surface area contributed by atoms with Gasteiger partial charge in [0.25, 0.3) is 0 Å². The number of carbonyl (C=O) groups excluding carboxylic acids is 1. The van der Waals surface area contributed by atoms with Crippen LogP contribution in [-0.4, -0.2) is 10.8 Å². The number of benzene rings is 1. The number of carbonyl (C=O) groups is 1. The fourth-order valence-electron chi connectivity index (χ4n) is 1.97. The molecule has 2 aromatic heterocycles. The summed E-state index contributed by atoms with van der Waals surface area (Å²) in [5.74, 6) is 0.117.